The molecule has 2 aliphatic heterocycles. The van der Waals surface area contributed by atoms with Gasteiger partial charge in [-0.2, -0.15) is 10.2 Å². The fraction of sp³-hybridized carbons (Fsp3) is 0.464. The first-order chi connectivity index (χ1) is 20.6. The number of hydrogen-bond acceptors (Lipinski definition) is 12. The lowest BCUT2D eigenvalue weighted by Crippen LogP contribution is -2.51. The normalized spacial score (nSPS) is 15.8. The van der Waals surface area contributed by atoms with Gasteiger partial charge < -0.3 is 26.2 Å². The zero-order valence-corrected chi connectivity index (χ0v) is 26.1. The van der Waals surface area contributed by atoms with Gasteiger partial charge in [0.15, 0.2) is 10.8 Å². The maximum atomic E-state index is 13.0. The van der Waals surface area contributed by atoms with Crippen LogP contribution in [-0.4, -0.2) is 94.6 Å². The summed E-state index contributed by atoms with van der Waals surface area (Å²) in [7, 11) is 0. The molecular weight excluding hydrogens is 590 g/mol. The number of aryl methyl sites for hydroxylation is 2. The molecule has 0 atom stereocenters. The smallest absolute Gasteiger partial charge is 0.267 e. The number of piperazine rings is 1. The van der Waals surface area contributed by atoms with Crippen LogP contribution in [0.15, 0.2) is 40.7 Å². The van der Waals surface area contributed by atoms with Crippen molar-refractivity contribution < 1.29 is 9.59 Å². The highest BCUT2D eigenvalue weighted by molar-refractivity contribution is 7.17. The molecular formula is C28H36ClN11O2S. The lowest BCUT2D eigenvalue weighted by molar-refractivity contribution is -0.132. The first-order valence-electron chi connectivity index (χ1n) is 14.2. The summed E-state index contributed by atoms with van der Waals surface area (Å²) in [6.07, 6.45) is 2.24. The van der Waals surface area contributed by atoms with Crippen molar-refractivity contribution in [2.24, 2.45) is 16.0 Å². The molecule has 0 aliphatic carbocycles. The molecule has 2 aromatic heterocycles. The minimum atomic E-state index is -0.338. The Kier molecular flexibility index (Phi) is 9.49. The molecule has 1 fully saturated rings. The quantitative estimate of drug-likeness (QED) is 0.273. The lowest BCUT2D eigenvalue weighted by atomic mass is 10.2. The van der Waals surface area contributed by atoms with E-state index >= 15 is 0 Å². The molecule has 13 nitrogen and oxygen atoms in total. The van der Waals surface area contributed by atoms with Gasteiger partial charge in [0, 0.05) is 58.3 Å². The molecule has 0 unspecified atom stereocenters. The summed E-state index contributed by atoms with van der Waals surface area (Å²) in [5.41, 5.74) is 6.88. The number of rotatable bonds is 12. The molecule has 2 aliphatic rings. The van der Waals surface area contributed by atoms with Gasteiger partial charge in [0.1, 0.15) is 22.3 Å². The van der Waals surface area contributed by atoms with Crippen molar-refractivity contribution in [2.45, 2.75) is 32.9 Å². The van der Waals surface area contributed by atoms with E-state index in [1.807, 2.05) is 43.9 Å². The van der Waals surface area contributed by atoms with E-state index in [-0.39, 0.29) is 17.5 Å². The van der Waals surface area contributed by atoms with Crippen LogP contribution in [0.3, 0.4) is 0 Å². The molecule has 1 saturated heterocycles. The number of aromatic nitrogens is 3. The van der Waals surface area contributed by atoms with Crippen LogP contribution in [0.2, 0.25) is 5.02 Å². The minimum Gasteiger partial charge on any atom is -0.354 e. The number of nitrogens with one attached hydrogen (secondary N) is 2. The highest BCUT2D eigenvalue weighted by Crippen LogP contribution is 2.31. The van der Waals surface area contributed by atoms with E-state index < -0.39 is 0 Å². The maximum absolute atomic E-state index is 13.0. The molecule has 0 saturated carbocycles. The van der Waals surface area contributed by atoms with E-state index in [0.717, 1.165) is 37.6 Å². The summed E-state index contributed by atoms with van der Waals surface area (Å²) >= 11 is 7.48. The Balaban J connectivity index is 1.15. The van der Waals surface area contributed by atoms with Crippen LogP contribution in [0.4, 0.5) is 22.5 Å². The minimum absolute atomic E-state index is 0.0750. The van der Waals surface area contributed by atoms with Crippen LogP contribution in [0.1, 0.15) is 34.4 Å². The molecule has 3 aromatic rings. The van der Waals surface area contributed by atoms with Crippen LogP contribution in [0.5, 0.6) is 0 Å². The molecule has 43 heavy (non-hydrogen) atoms. The lowest BCUT2D eigenvalue weighted by Gasteiger charge is -2.36. The third-order valence-electron chi connectivity index (χ3n) is 7.35. The number of benzene rings is 1. The highest BCUT2D eigenvalue weighted by Gasteiger charge is 2.34. The molecule has 4 heterocycles. The van der Waals surface area contributed by atoms with Crippen LogP contribution < -0.4 is 21.3 Å². The van der Waals surface area contributed by atoms with Gasteiger partial charge in [0.25, 0.3) is 5.91 Å². The summed E-state index contributed by atoms with van der Waals surface area (Å²) in [6.45, 7) is 10.5. The number of amides is 2. The summed E-state index contributed by atoms with van der Waals surface area (Å²) in [5.74, 6) is 1.78. The Bertz CT molecular complexity index is 1480. The Labute approximate surface area is 259 Å². The molecule has 4 N–H and O–H groups in total. The molecule has 228 valence electrons. The van der Waals surface area contributed by atoms with Gasteiger partial charge in [-0.1, -0.05) is 35.1 Å². The van der Waals surface area contributed by atoms with Gasteiger partial charge in [0.05, 0.1) is 23.5 Å². The maximum Gasteiger partial charge on any atom is 0.267 e. The van der Waals surface area contributed by atoms with E-state index in [1.54, 1.807) is 6.07 Å². The SMILES string of the molecule is Cc1nc(Nc2ncc(C(=O)Nc3c(C)cccc3Cl)s2)cc(N2CCN(CC(=O)N(CCN)CCC3(C)N=N3)CC2)n1. The zero-order valence-electron chi connectivity index (χ0n) is 24.5. The average molecular weight is 626 g/mol. The van der Waals surface area contributed by atoms with Crippen molar-refractivity contribution in [1.29, 1.82) is 0 Å². The standard InChI is InChI=1S/C28H36ClN11O2S/c1-18-5-4-6-20(29)25(18)35-26(42)21-16-31-27(43-21)34-22-15-23(33-19(2)32-22)39-13-11-38(12-14-39)17-24(41)40(10-8-30)9-7-28(3)36-37-28/h4-6,15-16H,7-14,17,30H2,1-3H3,(H,35,42)(H,31,32,33,34). The average Bonchev–Trinajstić information content (AvgIpc) is 3.53. The van der Waals surface area contributed by atoms with Crippen LogP contribution >= 0.6 is 22.9 Å². The van der Waals surface area contributed by atoms with Gasteiger partial charge in [-0.05, 0) is 32.4 Å². The van der Waals surface area contributed by atoms with E-state index in [0.29, 0.717) is 65.0 Å². The number of halogens is 1. The van der Waals surface area contributed by atoms with Crippen molar-refractivity contribution in [2.75, 3.05) is 67.9 Å². The fourth-order valence-corrected chi connectivity index (χ4v) is 5.75. The summed E-state index contributed by atoms with van der Waals surface area (Å²) in [5, 5.41) is 15.2. The molecule has 1 aromatic carbocycles. The van der Waals surface area contributed by atoms with Crippen molar-refractivity contribution in [3.8, 4) is 0 Å². The van der Waals surface area contributed by atoms with E-state index in [9.17, 15) is 9.59 Å². The molecule has 15 heteroatoms. The second-order valence-corrected chi connectivity index (χ2v) is 12.2. The Morgan fingerprint density at radius 2 is 1.91 bits per heavy atom. The van der Waals surface area contributed by atoms with Crippen molar-refractivity contribution in [1.82, 2.24) is 24.8 Å². The Hall–Kier alpha value is -3.72. The Morgan fingerprint density at radius 3 is 2.60 bits per heavy atom. The first-order valence-corrected chi connectivity index (χ1v) is 15.4. The largest absolute Gasteiger partial charge is 0.354 e. The highest BCUT2D eigenvalue weighted by atomic mass is 35.5. The first kappa shape index (κ1) is 30.7. The van der Waals surface area contributed by atoms with E-state index in [4.69, 9.17) is 17.3 Å². The fourth-order valence-electron chi connectivity index (χ4n) is 4.77. The predicted octanol–water partition coefficient (Wildman–Crippen LogP) is 3.68. The molecule has 5 rings (SSSR count). The third-order valence-corrected chi connectivity index (χ3v) is 8.58. The number of hydrogen-bond donors (Lipinski definition) is 3. The Morgan fingerprint density at radius 1 is 1.14 bits per heavy atom. The van der Waals surface area contributed by atoms with Crippen LogP contribution in [-0.2, 0) is 4.79 Å². The summed E-state index contributed by atoms with van der Waals surface area (Å²) < 4.78 is 0. The monoisotopic (exact) mass is 625 g/mol. The number of para-hydroxylation sites is 1. The number of carbonyl (C=O) groups is 2. The van der Waals surface area contributed by atoms with Gasteiger partial charge in [-0.3, -0.25) is 14.5 Å². The van der Waals surface area contributed by atoms with Crippen LogP contribution in [0.25, 0.3) is 0 Å². The van der Waals surface area contributed by atoms with Gasteiger partial charge in [-0.25, -0.2) is 15.0 Å². The number of nitrogens with zero attached hydrogens (tertiary/aromatic N) is 8. The topological polar surface area (TPSA) is 157 Å². The number of nitrogens with two attached hydrogens (primary N) is 1. The van der Waals surface area contributed by atoms with Crippen molar-refractivity contribution in [3.63, 3.8) is 0 Å². The number of carbonyl (C=O) groups excluding carboxylic acids is 2. The van der Waals surface area contributed by atoms with Gasteiger partial charge >= 0.3 is 0 Å². The van der Waals surface area contributed by atoms with E-state index in [1.165, 1.54) is 17.5 Å². The number of thiazole rings is 1. The summed E-state index contributed by atoms with van der Waals surface area (Å²) in [6, 6.07) is 7.34. The number of anilines is 4. The predicted molar refractivity (Wildman–Crippen MR) is 168 cm³/mol. The molecule has 0 spiro atoms. The second-order valence-electron chi connectivity index (χ2n) is 10.8. The third kappa shape index (κ3) is 8.02. The second kappa shape index (κ2) is 13.3. The van der Waals surface area contributed by atoms with E-state index in [2.05, 4.69) is 45.6 Å². The van der Waals surface area contributed by atoms with Crippen molar-refractivity contribution in [3.05, 3.63) is 51.7 Å². The van der Waals surface area contributed by atoms with Crippen molar-refractivity contribution >= 4 is 57.2 Å². The van der Waals surface area contributed by atoms with Gasteiger partial charge in [0.2, 0.25) is 5.91 Å². The molecule has 2 amide bonds. The molecule has 0 radical (unpaired) electrons. The summed E-state index contributed by atoms with van der Waals surface area (Å²) in [4.78, 5) is 46.0. The molecule has 0 bridgehead atoms. The van der Waals surface area contributed by atoms with Crippen LogP contribution in [0, 0.1) is 13.8 Å². The zero-order chi connectivity index (χ0) is 30.6. The van der Waals surface area contributed by atoms with Gasteiger partial charge in [-0.15, -0.1) is 0 Å².